The number of hydrogen-bond acceptors (Lipinski definition) is 2. The molecule has 0 atom stereocenters. The van der Waals surface area contributed by atoms with Gasteiger partial charge in [0.1, 0.15) is 12.3 Å². The van der Waals surface area contributed by atoms with Crippen LogP contribution in [0.15, 0.2) is 157 Å². The summed E-state index contributed by atoms with van der Waals surface area (Å²) in [5, 5.41) is 0. The molecule has 5 rings (SSSR count). The van der Waals surface area contributed by atoms with E-state index in [1.54, 1.807) is 0 Å². The Kier molecular flexibility index (Phi) is 7.46. The van der Waals surface area contributed by atoms with E-state index in [4.69, 9.17) is 9.73 Å². The Morgan fingerprint density at radius 1 is 0.444 bits per heavy atom. The summed E-state index contributed by atoms with van der Waals surface area (Å²) in [7, 11) is 0. The molecule has 5 aromatic carbocycles. The van der Waals surface area contributed by atoms with E-state index in [-0.39, 0.29) is 0 Å². The summed E-state index contributed by atoms with van der Waals surface area (Å²) in [5.41, 5.74) is 6.87. The first-order valence-corrected chi connectivity index (χ1v) is 12.1. The van der Waals surface area contributed by atoms with Crippen LogP contribution in [0, 0.1) is 0 Å². The predicted octanol–water partition coefficient (Wildman–Crippen LogP) is 8.27. The lowest BCUT2D eigenvalue weighted by molar-refractivity contribution is 0.265. The van der Waals surface area contributed by atoms with Crippen LogP contribution in [0.5, 0.6) is 0 Å². The van der Waals surface area contributed by atoms with Crippen molar-refractivity contribution < 1.29 is 4.74 Å². The second kappa shape index (κ2) is 11.6. The molecule has 0 unspecified atom stereocenters. The third kappa shape index (κ3) is 5.68. The third-order valence-corrected chi connectivity index (χ3v) is 5.84. The molecule has 0 bridgehead atoms. The second-order valence-corrected chi connectivity index (χ2v) is 8.38. The lowest BCUT2D eigenvalue weighted by Gasteiger charge is -2.17. The minimum absolute atomic E-state index is 0.447. The molecule has 0 spiro atoms. The first-order chi connectivity index (χ1) is 17.9. The zero-order valence-electron chi connectivity index (χ0n) is 20.0. The van der Waals surface area contributed by atoms with Crippen LogP contribution < -0.4 is 0 Å². The Morgan fingerprint density at radius 2 is 0.833 bits per heavy atom. The monoisotopic (exact) mass is 465 g/mol. The van der Waals surface area contributed by atoms with E-state index < -0.39 is 0 Å². The van der Waals surface area contributed by atoms with Gasteiger partial charge in [-0.2, -0.15) is 0 Å². The van der Waals surface area contributed by atoms with Gasteiger partial charge in [-0.15, -0.1) is 0 Å². The summed E-state index contributed by atoms with van der Waals surface area (Å²) in [6.07, 6.45) is 0. The largest absolute Gasteiger partial charge is 0.486 e. The van der Waals surface area contributed by atoms with E-state index in [9.17, 15) is 0 Å². The topological polar surface area (TPSA) is 21.6 Å². The number of hydrogen-bond donors (Lipinski definition) is 0. The highest BCUT2D eigenvalue weighted by atomic mass is 16.5. The van der Waals surface area contributed by atoms with Crippen LogP contribution in [0.3, 0.4) is 0 Å². The summed E-state index contributed by atoms with van der Waals surface area (Å²) in [4.78, 5) is 5.35. The van der Waals surface area contributed by atoms with Crippen molar-refractivity contribution in [1.82, 2.24) is 0 Å². The van der Waals surface area contributed by atoms with E-state index >= 15 is 0 Å². The fraction of sp³-hybridized carbons (Fsp3) is 0.0294. The molecule has 0 saturated heterocycles. The van der Waals surface area contributed by atoms with Gasteiger partial charge in [-0.3, -0.25) is 0 Å². The van der Waals surface area contributed by atoms with Gasteiger partial charge in [-0.25, -0.2) is 4.99 Å². The Morgan fingerprint density at radius 3 is 1.31 bits per heavy atom. The average molecular weight is 466 g/mol. The van der Waals surface area contributed by atoms with Crippen molar-refractivity contribution >= 4 is 17.2 Å². The molecule has 0 heterocycles. The quantitative estimate of drug-likeness (QED) is 0.128. The standard InChI is InChI=1S/C34H27NO/c1-6-16-27(17-7-1)26-36-34(31-24-14-5-15-25-31)33(30-22-12-4-13-23-30)35-32(28-18-8-2-9-19-28)29-20-10-3-11-21-29/h1-25H,26H2/b34-33+. The lowest BCUT2D eigenvalue weighted by atomic mass is 10.0. The summed E-state index contributed by atoms with van der Waals surface area (Å²) < 4.78 is 6.58. The van der Waals surface area contributed by atoms with E-state index in [0.29, 0.717) is 6.61 Å². The van der Waals surface area contributed by atoms with Crippen molar-refractivity contribution in [3.8, 4) is 0 Å². The van der Waals surface area contributed by atoms with Crippen LogP contribution in [-0.2, 0) is 11.3 Å². The zero-order chi connectivity index (χ0) is 24.4. The van der Waals surface area contributed by atoms with Crippen LogP contribution in [0.4, 0.5) is 0 Å². The highest BCUT2D eigenvalue weighted by Gasteiger charge is 2.16. The average Bonchev–Trinajstić information content (AvgIpc) is 2.97. The summed E-state index contributed by atoms with van der Waals surface area (Å²) in [5.74, 6) is 0.745. The van der Waals surface area contributed by atoms with Crippen LogP contribution in [-0.4, -0.2) is 5.71 Å². The molecule has 0 aliphatic carbocycles. The van der Waals surface area contributed by atoms with Crippen molar-refractivity contribution in [3.05, 3.63) is 179 Å². The molecule has 0 aliphatic heterocycles. The summed E-state index contributed by atoms with van der Waals surface area (Å²) in [6, 6.07) is 51.4. The maximum absolute atomic E-state index is 6.58. The van der Waals surface area contributed by atoms with Gasteiger partial charge in [0.15, 0.2) is 5.76 Å². The molecule has 0 fully saturated rings. The van der Waals surface area contributed by atoms with Gasteiger partial charge in [-0.1, -0.05) is 152 Å². The molecule has 0 aliphatic rings. The zero-order valence-corrected chi connectivity index (χ0v) is 20.0. The van der Waals surface area contributed by atoms with E-state index in [1.807, 2.05) is 91.0 Å². The molecular formula is C34H27NO. The number of rotatable bonds is 8. The molecule has 0 saturated carbocycles. The Balaban J connectivity index is 1.74. The van der Waals surface area contributed by atoms with Crippen LogP contribution in [0.2, 0.25) is 0 Å². The fourth-order valence-corrected chi connectivity index (χ4v) is 4.05. The SMILES string of the molecule is c1ccc(CO/C(=C(/N=C(c2ccccc2)c2ccccc2)c2ccccc2)c2ccccc2)cc1. The molecule has 0 aromatic heterocycles. The van der Waals surface area contributed by atoms with Gasteiger partial charge in [0.25, 0.3) is 0 Å². The molecule has 0 N–H and O–H groups in total. The van der Waals surface area contributed by atoms with Crippen LogP contribution in [0.25, 0.3) is 11.5 Å². The number of aliphatic imine (C=N–C) groups is 1. The Hall–Kier alpha value is -4.69. The minimum Gasteiger partial charge on any atom is -0.486 e. The van der Waals surface area contributed by atoms with Gasteiger partial charge in [-0.05, 0) is 5.56 Å². The van der Waals surface area contributed by atoms with Crippen molar-refractivity contribution in [2.75, 3.05) is 0 Å². The lowest BCUT2D eigenvalue weighted by Crippen LogP contribution is -2.05. The highest BCUT2D eigenvalue weighted by molar-refractivity contribution is 6.15. The van der Waals surface area contributed by atoms with Crippen molar-refractivity contribution in [1.29, 1.82) is 0 Å². The molecular weight excluding hydrogens is 438 g/mol. The fourth-order valence-electron chi connectivity index (χ4n) is 4.05. The molecule has 36 heavy (non-hydrogen) atoms. The van der Waals surface area contributed by atoms with Gasteiger partial charge >= 0.3 is 0 Å². The smallest absolute Gasteiger partial charge is 0.153 e. The van der Waals surface area contributed by atoms with Gasteiger partial charge in [0.05, 0.1) is 5.71 Å². The van der Waals surface area contributed by atoms with Gasteiger partial charge in [0, 0.05) is 22.3 Å². The highest BCUT2D eigenvalue weighted by Crippen LogP contribution is 2.31. The number of benzene rings is 5. The molecule has 174 valence electrons. The van der Waals surface area contributed by atoms with Crippen LogP contribution >= 0.6 is 0 Å². The minimum atomic E-state index is 0.447. The van der Waals surface area contributed by atoms with Crippen molar-refractivity contribution in [2.45, 2.75) is 6.61 Å². The maximum Gasteiger partial charge on any atom is 0.153 e. The summed E-state index contributed by atoms with van der Waals surface area (Å²) >= 11 is 0. The number of nitrogens with zero attached hydrogens (tertiary/aromatic N) is 1. The Labute approximate surface area is 212 Å². The second-order valence-electron chi connectivity index (χ2n) is 8.38. The Bertz CT molecular complexity index is 1380. The van der Waals surface area contributed by atoms with Gasteiger partial charge in [0.2, 0.25) is 0 Å². The number of ether oxygens (including phenoxy) is 1. The van der Waals surface area contributed by atoms with Crippen LogP contribution in [0.1, 0.15) is 27.8 Å². The molecule has 0 amide bonds. The predicted molar refractivity (Wildman–Crippen MR) is 149 cm³/mol. The molecule has 2 nitrogen and oxygen atoms in total. The molecule has 2 heteroatoms. The van der Waals surface area contributed by atoms with E-state index in [2.05, 4.69) is 60.7 Å². The normalized spacial score (nSPS) is 11.3. The first-order valence-electron chi connectivity index (χ1n) is 12.1. The van der Waals surface area contributed by atoms with Crippen molar-refractivity contribution in [3.63, 3.8) is 0 Å². The summed E-state index contributed by atoms with van der Waals surface area (Å²) in [6.45, 7) is 0.447. The van der Waals surface area contributed by atoms with Gasteiger partial charge < -0.3 is 4.74 Å². The molecule has 5 aromatic rings. The molecule has 0 radical (unpaired) electrons. The third-order valence-electron chi connectivity index (χ3n) is 5.84. The maximum atomic E-state index is 6.58. The first kappa shape index (κ1) is 23.1. The van der Waals surface area contributed by atoms with E-state index in [0.717, 1.165) is 45.0 Å². The van der Waals surface area contributed by atoms with E-state index in [1.165, 1.54) is 0 Å². The van der Waals surface area contributed by atoms with Crippen molar-refractivity contribution in [2.24, 2.45) is 4.99 Å².